The predicted octanol–water partition coefficient (Wildman–Crippen LogP) is 6.72. The Balaban J connectivity index is 1.52. The highest BCUT2D eigenvalue weighted by Gasteiger charge is 2.56. The molecule has 0 radical (unpaired) electrons. The summed E-state index contributed by atoms with van der Waals surface area (Å²) in [5.41, 5.74) is -1.34. The van der Waals surface area contributed by atoms with Crippen LogP contribution in [0.1, 0.15) is 71.5 Å². The summed E-state index contributed by atoms with van der Waals surface area (Å²) in [6, 6.07) is 10.8. The van der Waals surface area contributed by atoms with Crippen LogP contribution < -0.4 is 9.80 Å². The highest BCUT2D eigenvalue weighted by Crippen LogP contribution is 2.44. The zero-order valence-electron chi connectivity index (χ0n) is 22.7. The summed E-state index contributed by atoms with van der Waals surface area (Å²) in [7, 11) is 0. The zero-order valence-corrected chi connectivity index (χ0v) is 24.2. The fraction of sp³-hybridized carbons (Fsp3) is 0.536. The molecular formula is C28H35ClN2O5S. The highest BCUT2D eigenvalue weighted by atomic mass is 35.5. The number of thiophene rings is 1. The van der Waals surface area contributed by atoms with Crippen LogP contribution in [0.5, 0.6) is 0 Å². The molecule has 0 spiro atoms. The summed E-state index contributed by atoms with van der Waals surface area (Å²) in [5, 5.41) is 0. The van der Waals surface area contributed by atoms with Gasteiger partial charge in [0.2, 0.25) is 0 Å². The first-order valence-corrected chi connectivity index (χ1v) is 13.6. The van der Waals surface area contributed by atoms with Crippen LogP contribution in [0.15, 0.2) is 36.4 Å². The van der Waals surface area contributed by atoms with E-state index in [9.17, 15) is 14.4 Å². The minimum atomic E-state index is -0.971. The Morgan fingerprint density at radius 1 is 1.03 bits per heavy atom. The zero-order chi connectivity index (χ0) is 27.6. The number of ether oxygens (including phenoxy) is 2. The van der Waals surface area contributed by atoms with Gasteiger partial charge in [-0.1, -0.05) is 25.4 Å². The largest absolute Gasteiger partial charge is 0.443 e. The fourth-order valence-electron chi connectivity index (χ4n) is 4.98. The maximum atomic E-state index is 13.4. The molecule has 0 unspecified atom stereocenters. The summed E-state index contributed by atoms with van der Waals surface area (Å²) in [4.78, 5) is 42.9. The van der Waals surface area contributed by atoms with Crippen molar-refractivity contribution in [2.24, 2.45) is 5.41 Å². The Morgan fingerprint density at radius 3 is 2.19 bits per heavy atom. The smallest absolute Gasteiger partial charge is 0.414 e. The number of carbonyl (C=O) groups is 3. The second kappa shape index (κ2) is 9.10. The summed E-state index contributed by atoms with van der Waals surface area (Å²) in [6.07, 6.45) is -0.683. The molecule has 0 saturated carbocycles. The van der Waals surface area contributed by atoms with Gasteiger partial charge in [0.25, 0.3) is 5.91 Å². The van der Waals surface area contributed by atoms with Gasteiger partial charge in [0.15, 0.2) is 5.78 Å². The quantitative estimate of drug-likeness (QED) is 0.376. The molecule has 1 atom stereocenters. The average Bonchev–Trinajstić information content (AvgIpc) is 3.38. The summed E-state index contributed by atoms with van der Waals surface area (Å²) in [6.45, 7) is 15.7. The van der Waals surface area contributed by atoms with Crippen molar-refractivity contribution in [1.29, 1.82) is 0 Å². The average molecular weight is 547 g/mol. The van der Waals surface area contributed by atoms with E-state index in [1.807, 2.05) is 65.8 Å². The van der Waals surface area contributed by atoms with E-state index >= 15 is 0 Å². The van der Waals surface area contributed by atoms with Gasteiger partial charge in [-0.3, -0.25) is 14.5 Å². The van der Waals surface area contributed by atoms with Crippen LogP contribution in [-0.4, -0.2) is 47.2 Å². The van der Waals surface area contributed by atoms with Crippen molar-refractivity contribution in [2.45, 2.75) is 84.7 Å². The van der Waals surface area contributed by atoms with Crippen molar-refractivity contribution in [1.82, 2.24) is 0 Å². The van der Waals surface area contributed by atoms with Gasteiger partial charge in [-0.05, 0) is 77.9 Å². The maximum Gasteiger partial charge on any atom is 0.414 e. The molecule has 2 aliphatic heterocycles. The number of amides is 2. The highest BCUT2D eigenvalue weighted by molar-refractivity contribution is 7.18. The molecule has 7 nitrogen and oxygen atoms in total. The molecule has 0 N–H and O–H groups in total. The molecule has 1 aromatic heterocycles. The van der Waals surface area contributed by atoms with E-state index < -0.39 is 34.4 Å². The van der Waals surface area contributed by atoms with Gasteiger partial charge >= 0.3 is 6.09 Å². The van der Waals surface area contributed by atoms with Gasteiger partial charge < -0.3 is 14.4 Å². The number of anilines is 2. The normalized spacial score (nSPS) is 22.8. The van der Waals surface area contributed by atoms with Crippen molar-refractivity contribution in [3.05, 3.63) is 45.6 Å². The molecule has 2 aromatic rings. The van der Waals surface area contributed by atoms with E-state index in [2.05, 4.69) is 0 Å². The SMILES string of the molecule is CC1(C)OC(C)(C)C(C)(C)N(c2ccc(N3C[C@H](C(C)(C)CC(=O)c4ccc(Cl)s4)OC3=O)cc2)C1=O. The molecule has 37 heavy (non-hydrogen) atoms. The third-order valence-corrected chi connectivity index (χ3v) is 9.10. The molecule has 2 aliphatic rings. The fourth-order valence-corrected chi connectivity index (χ4v) is 5.96. The molecular weight excluding hydrogens is 512 g/mol. The standard InChI is InChI=1S/C28H35ClN2O5S/c1-25(2,15-19(32)20-13-14-22(29)37-20)21-16-30(24(34)35-21)17-9-11-18(12-10-17)31-23(33)26(3,4)36-28(7,8)27(31,5)6/h9-14,21H,15-16H2,1-8H3/t21-/m1/s1. The third-order valence-electron chi connectivity index (χ3n) is 7.83. The number of cyclic esters (lactones) is 1. The van der Waals surface area contributed by atoms with Gasteiger partial charge in [-0.15, -0.1) is 11.3 Å². The Morgan fingerprint density at radius 2 is 1.62 bits per heavy atom. The molecule has 2 fully saturated rings. The van der Waals surface area contributed by atoms with Crippen LogP contribution in [0, 0.1) is 5.41 Å². The van der Waals surface area contributed by atoms with Crippen LogP contribution in [0.25, 0.3) is 0 Å². The number of rotatable bonds is 6. The number of morpholine rings is 1. The number of ketones is 1. The van der Waals surface area contributed by atoms with Crippen molar-refractivity contribution in [3.8, 4) is 0 Å². The minimum Gasteiger partial charge on any atom is -0.443 e. The number of halogens is 1. The molecule has 2 amide bonds. The Kier molecular flexibility index (Phi) is 6.79. The Labute approximate surface area is 227 Å². The molecule has 0 bridgehead atoms. The first-order valence-electron chi connectivity index (χ1n) is 12.4. The summed E-state index contributed by atoms with van der Waals surface area (Å²) < 4.78 is 12.5. The number of Topliss-reactive ketones (excluding diaryl/α,β-unsaturated/α-hetero) is 1. The van der Waals surface area contributed by atoms with Gasteiger partial charge in [-0.2, -0.15) is 0 Å². The topological polar surface area (TPSA) is 76.2 Å². The van der Waals surface area contributed by atoms with Crippen LogP contribution >= 0.6 is 22.9 Å². The van der Waals surface area contributed by atoms with E-state index in [4.69, 9.17) is 21.1 Å². The number of benzene rings is 1. The molecule has 3 heterocycles. The summed E-state index contributed by atoms with van der Waals surface area (Å²) >= 11 is 7.23. The molecule has 0 aliphatic carbocycles. The lowest BCUT2D eigenvalue weighted by Crippen LogP contribution is -2.72. The van der Waals surface area contributed by atoms with Crippen LogP contribution in [0.3, 0.4) is 0 Å². The first-order chi connectivity index (χ1) is 17.0. The lowest BCUT2D eigenvalue weighted by molar-refractivity contribution is -0.191. The predicted molar refractivity (Wildman–Crippen MR) is 147 cm³/mol. The lowest BCUT2D eigenvalue weighted by Gasteiger charge is -2.57. The lowest BCUT2D eigenvalue weighted by atomic mass is 9.79. The molecule has 4 rings (SSSR count). The second-order valence-corrected chi connectivity index (χ2v) is 13.7. The van der Waals surface area contributed by atoms with E-state index in [-0.39, 0.29) is 18.1 Å². The molecule has 2 saturated heterocycles. The van der Waals surface area contributed by atoms with Gasteiger partial charge in [-0.25, -0.2) is 4.79 Å². The van der Waals surface area contributed by atoms with Gasteiger partial charge in [0, 0.05) is 23.2 Å². The maximum absolute atomic E-state index is 13.4. The Bertz CT molecular complexity index is 1230. The summed E-state index contributed by atoms with van der Waals surface area (Å²) in [5.74, 6) is -0.145. The van der Waals surface area contributed by atoms with Crippen molar-refractivity contribution < 1.29 is 23.9 Å². The van der Waals surface area contributed by atoms with Gasteiger partial charge in [0.1, 0.15) is 11.7 Å². The Hall–Kier alpha value is -2.42. The first kappa shape index (κ1) is 27.6. The molecule has 200 valence electrons. The van der Waals surface area contributed by atoms with Crippen molar-refractivity contribution in [3.63, 3.8) is 0 Å². The number of carbonyl (C=O) groups excluding carboxylic acids is 3. The molecule has 1 aromatic carbocycles. The third kappa shape index (κ3) is 4.91. The van der Waals surface area contributed by atoms with Gasteiger partial charge in [0.05, 0.1) is 26.9 Å². The number of nitrogens with zero attached hydrogens (tertiary/aromatic N) is 2. The van der Waals surface area contributed by atoms with Crippen molar-refractivity contribution in [2.75, 3.05) is 16.3 Å². The minimum absolute atomic E-state index is 0.0237. The second-order valence-electron chi connectivity index (χ2n) is 12.0. The van der Waals surface area contributed by atoms with E-state index in [1.54, 1.807) is 35.8 Å². The van der Waals surface area contributed by atoms with E-state index in [0.29, 0.717) is 21.4 Å². The van der Waals surface area contributed by atoms with E-state index in [1.165, 1.54) is 11.3 Å². The number of hydrogen-bond donors (Lipinski definition) is 0. The monoisotopic (exact) mass is 546 g/mol. The van der Waals surface area contributed by atoms with Crippen LogP contribution in [0.2, 0.25) is 4.34 Å². The number of hydrogen-bond acceptors (Lipinski definition) is 6. The van der Waals surface area contributed by atoms with Crippen LogP contribution in [0.4, 0.5) is 16.2 Å². The molecule has 9 heteroatoms. The van der Waals surface area contributed by atoms with Crippen LogP contribution in [-0.2, 0) is 14.3 Å². The van der Waals surface area contributed by atoms with E-state index in [0.717, 1.165) is 5.69 Å². The van der Waals surface area contributed by atoms with Crippen molar-refractivity contribution >= 4 is 52.1 Å².